The minimum Gasteiger partial charge on any atom is -0.493 e. The summed E-state index contributed by atoms with van der Waals surface area (Å²) in [6, 6.07) is 8.99. The number of nitrogens with one attached hydrogen (secondary N) is 1. The highest BCUT2D eigenvalue weighted by Gasteiger charge is 2.18. The average Bonchev–Trinajstić information content (AvgIpc) is 2.62. The van der Waals surface area contributed by atoms with Crippen LogP contribution in [0.3, 0.4) is 0 Å². The van der Waals surface area contributed by atoms with Gasteiger partial charge in [0.05, 0.1) is 24.2 Å². The first kappa shape index (κ1) is 21.0. The Morgan fingerprint density at radius 2 is 2.00 bits per heavy atom. The van der Waals surface area contributed by atoms with Crippen LogP contribution in [-0.2, 0) is 0 Å². The molecule has 0 heterocycles. The van der Waals surface area contributed by atoms with Crippen LogP contribution in [0.1, 0.15) is 35.8 Å². The zero-order chi connectivity index (χ0) is 20.0. The number of carbonyl (C=O) groups is 1. The van der Waals surface area contributed by atoms with Crippen molar-refractivity contribution in [2.24, 2.45) is 0 Å². The van der Waals surface area contributed by atoms with Gasteiger partial charge in [-0.25, -0.2) is 0 Å². The lowest BCUT2D eigenvalue weighted by atomic mass is 10.1. The van der Waals surface area contributed by atoms with Gasteiger partial charge in [-0.05, 0) is 59.6 Å². The van der Waals surface area contributed by atoms with Crippen molar-refractivity contribution >= 4 is 21.8 Å². The first-order valence-corrected chi connectivity index (χ1v) is 9.01. The molecule has 27 heavy (non-hydrogen) atoms. The summed E-state index contributed by atoms with van der Waals surface area (Å²) >= 11 is 3.38. The Hall–Kier alpha value is -2.35. The summed E-state index contributed by atoms with van der Waals surface area (Å²) in [4.78, 5) is 12.6. The van der Waals surface area contributed by atoms with E-state index in [9.17, 15) is 13.6 Å². The van der Waals surface area contributed by atoms with Gasteiger partial charge < -0.3 is 19.5 Å². The number of rotatable bonds is 8. The van der Waals surface area contributed by atoms with E-state index >= 15 is 0 Å². The van der Waals surface area contributed by atoms with Gasteiger partial charge in [-0.15, -0.1) is 0 Å². The molecule has 146 valence electrons. The zero-order valence-corrected chi connectivity index (χ0v) is 16.7. The van der Waals surface area contributed by atoms with Gasteiger partial charge in [0.1, 0.15) is 5.75 Å². The van der Waals surface area contributed by atoms with Gasteiger partial charge in [0.15, 0.2) is 11.5 Å². The highest BCUT2D eigenvalue weighted by Crippen LogP contribution is 2.36. The van der Waals surface area contributed by atoms with Gasteiger partial charge >= 0.3 is 6.61 Å². The van der Waals surface area contributed by atoms with Crippen LogP contribution in [-0.4, -0.2) is 26.2 Å². The molecule has 5 nitrogen and oxygen atoms in total. The number of ether oxygens (including phenoxy) is 3. The summed E-state index contributed by atoms with van der Waals surface area (Å²) in [7, 11) is 1.49. The molecule has 2 aromatic carbocycles. The predicted octanol–water partition coefficient (Wildman–Crippen LogP) is 4.95. The Morgan fingerprint density at radius 1 is 1.26 bits per heavy atom. The third-order valence-corrected chi connectivity index (χ3v) is 4.30. The first-order chi connectivity index (χ1) is 12.8. The summed E-state index contributed by atoms with van der Waals surface area (Å²) in [5.74, 6) is 0.636. The van der Waals surface area contributed by atoms with Crippen LogP contribution in [0.4, 0.5) is 8.78 Å². The summed E-state index contributed by atoms with van der Waals surface area (Å²) < 4.78 is 40.5. The highest BCUT2D eigenvalue weighted by atomic mass is 79.9. The minimum atomic E-state index is -2.90. The molecule has 1 atom stereocenters. The molecule has 2 aromatic rings. The normalized spacial score (nSPS) is 11.8. The van der Waals surface area contributed by atoms with Crippen LogP contribution in [0, 0.1) is 0 Å². The van der Waals surface area contributed by atoms with Crippen LogP contribution < -0.4 is 19.5 Å². The Kier molecular flexibility index (Phi) is 7.41. The molecular weight excluding hydrogens is 424 g/mol. The molecule has 1 unspecified atom stereocenters. The molecule has 1 amide bonds. The lowest BCUT2D eigenvalue weighted by Gasteiger charge is -2.17. The molecule has 0 saturated carbocycles. The van der Waals surface area contributed by atoms with Crippen molar-refractivity contribution in [3.63, 3.8) is 0 Å². The van der Waals surface area contributed by atoms with Gasteiger partial charge in [-0.2, -0.15) is 8.78 Å². The molecule has 0 fully saturated rings. The second-order valence-electron chi connectivity index (χ2n) is 5.57. The van der Waals surface area contributed by atoms with Gasteiger partial charge in [-0.3, -0.25) is 4.79 Å². The topological polar surface area (TPSA) is 56.8 Å². The number of hydrogen-bond donors (Lipinski definition) is 1. The van der Waals surface area contributed by atoms with Gasteiger partial charge in [0.25, 0.3) is 5.91 Å². The zero-order valence-electron chi connectivity index (χ0n) is 15.1. The van der Waals surface area contributed by atoms with E-state index in [-0.39, 0.29) is 11.7 Å². The van der Waals surface area contributed by atoms with Crippen molar-refractivity contribution in [2.75, 3.05) is 13.7 Å². The van der Waals surface area contributed by atoms with Gasteiger partial charge in [0, 0.05) is 5.56 Å². The number of methoxy groups -OCH3 is 1. The highest BCUT2D eigenvalue weighted by molar-refractivity contribution is 9.10. The molecule has 1 N–H and O–H groups in total. The number of benzene rings is 2. The smallest absolute Gasteiger partial charge is 0.387 e. The predicted molar refractivity (Wildman–Crippen MR) is 101 cm³/mol. The Labute approximate surface area is 164 Å². The van der Waals surface area contributed by atoms with Crippen LogP contribution in [0.15, 0.2) is 40.9 Å². The summed E-state index contributed by atoms with van der Waals surface area (Å²) in [5, 5.41) is 2.82. The van der Waals surface area contributed by atoms with Gasteiger partial charge in [0.2, 0.25) is 0 Å². The maximum absolute atomic E-state index is 12.6. The number of amides is 1. The van der Waals surface area contributed by atoms with Crippen LogP contribution in [0.5, 0.6) is 17.2 Å². The van der Waals surface area contributed by atoms with E-state index in [1.807, 2.05) is 6.92 Å². The van der Waals surface area contributed by atoms with E-state index in [0.717, 1.165) is 0 Å². The van der Waals surface area contributed by atoms with Gasteiger partial charge in [-0.1, -0.05) is 12.1 Å². The van der Waals surface area contributed by atoms with Crippen molar-refractivity contribution in [1.82, 2.24) is 5.32 Å². The lowest BCUT2D eigenvalue weighted by molar-refractivity contribution is -0.0499. The van der Waals surface area contributed by atoms with Crippen molar-refractivity contribution in [3.05, 3.63) is 52.0 Å². The SMILES string of the molecule is CCOc1c(Br)cc(C(=O)NC(C)c2cccc(OC(F)F)c2)cc1OC. The van der Waals surface area contributed by atoms with Crippen LogP contribution >= 0.6 is 15.9 Å². The second kappa shape index (κ2) is 9.55. The molecule has 0 aliphatic carbocycles. The molecule has 0 aliphatic heterocycles. The van der Waals surface area contributed by atoms with Crippen molar-refractivity contribution in [1.29, 1.82) is 0 Å². The standard InChI is InChI=1S/C19H20BrF2NO4/c1-4-26-17-15(20)9-13(10-16(17)25-3)18(24)23-11(2)12-6-5-7-14(8-12)27-19(21)22/h5-11,19H,4H2,1-3H3,(H,23,24). The van der Waals surface area contributed by atoms with E-state index in [1.165, 1.54) is 19.2 Å². The van der Waals surface area contributed by atoms with E-state index in [0.29, 0.717) is 33.7 Å². The van der Waals surface area contributed by atoms with E-state index in [2.05, 4.69) is 26.0 Å². The monoisotopic (exact) mass is 443 g/mol. The van der Waals surface area contributed by atoms with Crippen molar-refractivity contribution in [3.8, 4) is 17.2 Å². The Balaban J connectivity index is 2.18. The minimum absolute atomic E-state index is 0.0362. The van der Waals surface area contributed by atoms with E-state index < -0.39 is 12.7 Å². The van der Waals surface area contributed by atoms with E-state index in [1.54, 1.807) is 31.2 Å². The first-order valence-electron chi connectivity index (χ1n) is 8.21. The molecule has 0 radical (unpaired) electrons. The summed E-state index contributed by atoms with van der Waals surface area (Å²) in [5.41, 5.74) is 1.01. The maximum atomic E-state index is 12.6. The molecule has 0 aliphatic rings. The van der Waals surface area contributed by atoms with Crippen LogP contribution in [0.2, 0.25) is 0 Å². The fourth-order valence-electron chi connectivity index (χ4n) is 2.46. The molecule has 2 rings (SSSR count). The maximum Gasteiger partial charge on any atom is 0.387 e. The second-order valence-corrected chi connectivity index (χ2v) is 6.42. The lowest BCUT2D eigenvalue weighted by Crippen LogP contribution is -2.26. The largest absolute Gasteiger partial charge is 0.493 e. The van der Waals surface area contributed by atoms with Crippen LogP contribution in [0.25, 0.3) is 0 Å². The van der Waals surface area contributed by atoms with E-state index in [4.69, 9.17) is 9.47 Å². The Morgan fingerprint density at radius 3 is 2.63 bits per heavy atom. The van der Waals surface area contributed by atoms with Crippen molar-refractivity contribution < 1.29 is 27.8 Å². The molecule has 8 heteroatoms. The average molecular weight is 444 g/mol. The molecule has 0 spiro atoms. The van der Waals surface area contributed by atoms with Crippen molar-refractivity contribution in [2.45, 2.75) is 26.5 Å². The third kappa shape index (κ3) is 5.56. The molecule has 0 bridgehead atoms. The summed E-state index contributed by atoms with van der Waals surface area (Å²) in [6.45, 7) is 1.15. The quantitative estimate of drug-likeness (QED) is 0.626. The fraction of sp³-hybridized carbons (Fsp3) is 0.316. The molecular formula is C19H20BrF2NO4. The number of carbonyl (C=O) groups excluding carboxylic acids is 1. The molecule has 0 saturated heterocycles. The number of alkyl halides is 2. The molecule has 0 aromatic heterocycles. The fourth-order valence-corrected chi connectivity index (χ4v) is 3.02. The summed E-state index contributed by atoms with van der Waals surface area (Å²) in [6.07, 6.45) is 0. The third-order valence-electron chi connectivity index (χ3n) is 3.71. The number of hydrogen-bond acceptors (Lipinski definition) is 4. The Bertz CT molecular complexity index is 801. The number of halogens is 3.